The van der Waals surface area contributed by atoms with Gasteiger partial charge in [0, 0.05) is 5.56 Å². The van der Waals surface area contributed by atoms with Crippen LogP contribution in [0, 0.1) is 0 Å². The molecule has 1 aromatic carbocycles. The van der Waals surface area contributed by atoms with Crippen LogP contribution in [-0.2, 0) is 0 Å². The van der Waals surface area contributed by atoms with Gasteiger partial charge in [0.1, 0.15) is 5.75 Å². The van der Waals surface area contributed by atoms with E-state index < -0.39 is 0 Å². The Hall–Kier alpha value is -0.960. The van der Waals surface area contributed by atoms with Crippen LogP contribution in [0.5, 0.6) is 5.75 Å². The summed E-state index contributed by atoms with van der Waals surface area (Å²) in [5.74, 6) is 2.16. The summed E-state index contributed by atoms with van der Waals surface area (Å²) in [5.41, 5.74) is 0.785. The number of ether oxygens (including phenoxy) is 1. The second-order valence-electron chi connectivity index (χ2n) is 4.91. The monoisotopic (exact) mass is 264 g/mol. The lowest BCUT2D eigenvalue weighted by Crippen LogP contribution is -2.21. The minimum Gasteiger partial charge on any atom is -0.491 e. The van der Waals surface area contributed by atoms with Gasteiger partial charge in [0.2, 0.25) is 0 Å². The number of benzene rings is 1. The molecule has 0 amide bonds. The lowest BCUT2D eigenvalue weighted by molar-refractivity contribution is 0.0984. The number of rotatable bonds is 4. The third-order valence-electron chi connectivity index (χ3n) is 2.96. The Balaban J connectivity index is 2.09. The summed E-state index contributed by atoms with van der Waals surface area (Å²) < 4.78 is 5.63. The maximum absolute atomic E-state index is 12.4. The lowest BCUT2D eigenvalue weighted by Gasteiger charge is -2.20. The average molecular weight is 264 g/mol. The molecule has 0 N–H and O–H groups in total. The van der Waals surface area contributed by atoms with Gasteiger partial charge in [0.15, 0.2) is 5.78 Å². The van der Waals surface area contributed by atoms with Crippen molar-refractivity contribution in [1.82, 2.24) is 0 Å². The van der Waals surface area contributed by atoms with Gasteiger partial charge in [0.05, 0.1) is 11.4 Å². The van der Waals surface area contributed by atoms with Crippen LogP contribution in [0.1, 0.15) is 43.5 Å². The first-order valence-corrected chi connectivity index (χ1v) is 7.64. The summed E-state index contributed by atoms with van der Waals surface area (Å²) in [5, 5.41) is 0.146. The largest absolute Gasteiger partial charge is 0.491 e. The number of hydrogen-bond donors (Lipinski definition) is 0. The molecule has 1 heterocycles. The van der Waals surface area contributed by atoms with Crippen LogP contribution in [0.4, 0.5) is 0 Å². The van der Waals surface area contributed by atoms with Crippen LogP contribution in [0.2, 0.25) is 0 Å². The van der Waals surface area contributed by atoms with Crippen molar-refractivity contribution in [2.24, 2.45) is 0 Å². The van der Waals surface area contributed by atoms with Crippen LogP contribution >= 0.6 is 11.8 Å². The maximum Gasteiger partial charge on any atom is 0.175 e. The molecule has 0 saturated carbocycles. The van der Waals surface area contributed by atoms with Gasteiger partial charge >= 0.3 is 0 Å². The van der Waals surface area contributed by atoms with Crippen molar-refractivity contribution in [2.45, 2.75) is 44.5 Å². The van der Waals surface area contributed by atoms with Gasteiger partial charge in [-0.1, -0.05) is 18.6 Å². The highest BCUT2D eigenvalue weighted by Crippen LogP contribution is 2.28. The quantitative estimate of drug-likeness (QED) is 0.770. The van der Waals surface area contributed by atoms with Crippen molar-refractivity contribution >= 4 is 17.5 Å². The molecule has 1 saturated heterocycles. The van der Waals surface area contributed by atoms with Crippen molar-refractivity contribution in [1.29, 1.82) is 0 Å². The molecule has 0 aromatic heterocycles. The van der Waals surface area contributed by atoms with Crippen molar-refractivity contribution in [3.8, 4) is 5.75 Å². The van der Waals surface area contributed by atoms with Crippen molar-refractivity contribution in [2.75, 3.05) is 5.75 Å². The highest BCUT2D eigenvalue weighted by atomic mass is 32.2. The van der Waals surface area contributed by atoms with Crippen molar-refractivity contribution in [3.63, 3.8) is 0 Å². The minimum absolute atomic E-state index is 0.138. The molecule has 1 aliphatic heterocycles. The first kappa shape index (κ1) is 13.5. The molecule has 1 fully saturated rings. The molecule has 18 heavy (non-hydrogen) atoms. The number of carbonyl (C=O) groups is 1. The third kappa shape index (κ3) is 3.52. The summed E-state index contributed by atoms with van der Waals surface area (Å²) in [7, 11) is 0. The number of ketones is 1. The van der Waals surface area contributed by atoms with E-state index in [4.69, 9.17) is 4.74 Å². The molecule has 1 atom stereocenters. The fraction of sp³-hybridized carbons (Fsp3) is 0.533. The van der Waals surface area contributed by atoms with Gasteiger partial charge in [-0.25, -0.2) is 0 Å². The predicted molar refractivity (Wildman–Crippen MR) is 76.6 cm³/mol. The Morgan fingerprint density at radius 3 is 2.89 bits per heavy atom. The van der Waals surface area contributed by atoms with E-state index in [1.165, 1.54) is 12.8 Å². The van der Waals surface area contributed by atoms with E-state index in [0.717, 1.165) is 23.5 Å². The normalized spacial score (nSPS) is 19.8. The first-order valence-electron chi connectivity index (χ1n) is 6.59. The van der Waals surface area contributed by atoms with E-state index in [1.54, 1.807) is 11.8 Å². The van der Waals surface area contributed by atoms with Crippen LogP contribution in [0.25, 0.3) is 0 Å². The predicted octanol–water partition coefficient (Wildman–Crippen LogP) is 3.94. The first-order chi connectivity index (χ1) is 8.66. The van der Waals surface area contributed by atoms with Gasteiger partial charge in [-0.3, -0.25) is 4.79 Å². The van der Waals surface area contributed by atoms with E-state index in [1.807, 2.05) is 38.1 Å². The van der Waals surface area contributed by atoms with E-state index in [2.05, 4.69) is 0 Å². The van der Waals surface area contributed by atoms with Gasteiger partial charge in [-0.2, -0.15) is 11.8 Å². The summed E-state index contributed by atoms with van der Waals surface area (Å²) in [4.78, 5) is 12.4. The third-order valence-corrected chi connectivity index (χ3v) is 4.34. The molecule has 1 aliphatic rings. The zero-order valence-corrected chi connectivity index (χ0v) is 11.8. The van der Waals surface area contributed by atoms with Crippen LogP contribution in [-0.4, -0.2) is 22.9 Å². The van der Waals surface area contributed by atoms with E-state index >= 15 is 0 Å². The molecule has 1 unspecified atom stereocenters. The number of carbonyl (C=O) groups excluding carboxylic acids is 1. The molecule has 2 nitrogen and oxygen atoms in total. The number of Topliss-reactive ketones (excluding diaryl/α,β-unsaturated/α-hetero) is 1. The molecule has 0 bridgehead atoms. The fourth-order valence-electron chi connectivity index (χ4n) is 2.13. The molecular weight excluding hydrogens is 244 g/mol. The van der Waals surface area contributed by atoms with Crippen LogP contribution < -0.4 is 4.74 Å². The van der Waals surface area contributed by atoms with Crippen LogP contribution in [0.3, 0.4) is 0 Å². The van der Waals surface area contributed by atoms with Gasteiger partial charge in [-0.15, -0.1) is 0 Å². The summed E-state index contributed by atoms with van der Waals surface area (Å²) in [6.07, 6.45) is 3.56. The number of thioether (sulfide) groups is 1. The second-order valence-corrected chi connectivity index (χ2v) is 6.22. The maximum atomic E-state index is 12.4. The molecule has 0 spiro atoms. The highest BCUT2D eigenvalue weighted by molar-refractivity contribution is 8.00. The average Bonchev–Trinajstić information content (AvgIpc) is 2.38. The Kier molecular flexibility index (Phi) is 4.70. The van der Waals surface area contributed by atoms with E-state index in [9.17, 15) is 4.79 Å². The van der Waals surface area contributed by atoms with Gasteiger partial charge < -0.3 is 4.74 Å². The molecule has 0 aliphatic carbocycles. The van der Waals surface area contributed by atoms with Crippen molar-refractivity contribution in [3.05, 3.63) is 29.8 Å². The topological polar surface area (TPSA) is 26.3 Å². The standard InChI is InChI=1S/C15H20O2S/c1-11(2)17-13-7-5-6-12(10-13)15(16)14-8-3-4-9-18-14/h5-7,10-11,14H,3-4,8-9H2,1-2H3. The van der Waals surface area contributed by atoms with Crippen LogP contribution in [0.15, 0.2) is 24.3 Å². The Morgan fingerprint density at radius 2 is 2.22 bits per heavy atom. The number of hydrogen-bond acceptors (Lipinski definition) is 3. The molecule has 98 valence electrons. The Labute approximate surface area is 113 Å². The molecular formula is C15H20O2S. The minimum atomic E-state index is 0.138. The molecule has 2 rings (SSSR count). The highest BCUT2D eigenvalue weighted by Gasteiger charge is 2.23. The summed E-state index contributed by atoms with van der Waals surface area (Å²) in [6, 6.07) is 7.57. The SMILES string of the molecule is CC(C)Oc1cccc(C(=O)C2CCCCS2)c1. The van der Waals surface area contributed by atoms with Gasteiger partial charge in [-0.05, 0) is 44.6 Å². The fourth-order valence-corrected chi connectivity index (χ4v) is 3.40. The van der Waals surface area contributed by atoms with Crippen molar-refractivity contribution < 1.29 is 9.53 Å². The van der Waals surface area contributed by atoms with E-state index in [0.29, 0.717) is 0 Å². The van der Waals surface area contributed by atoms with Gasteiger partial charge in [0.25, 0.3) is 0 Å². The molecule has 1 aromatic rings. The summed E-state index contributed by atoms with van der Waals surface area (Å²) in [6.45, 7) is 3.98. The van der Waals surface area contributed by atoms with E-state index in [-0.39, 0.29) is 17.1 Å². The Morgan fingerprint density at radius 1 is 1.39 bits per heavy atom. The molecule has 3 heteroatoms. The zero-order chi connectivity index (χ0) is 13.0. The Bertz CT molecular complexity index is 409. The second kappa shape index (κ2) is 6.28. The molecule has 0 radical (unpaired) electrons. The lowest BCUT2D eigenvalue weighted by atomic mass is 10.0. The zero-order valence-electron chi connectivity index (χ0n) is 11.0. The summed E-state index contributed by atoms with van der Waals surface area (Å²) >= 11 is 1.80. The smallest absolute Gasteiger partial charge is 0.175 e.